The largest absolute Gasteiger partial charge is 0.491 e. The number of aromatic nitrogens is 5. The minimum absolute atomic E-state index is 0.165. The summed E-state index contributed by atoms with van der Waals surface area (Å²) in [6, 6.07) is 8.16. The molecule has 164 valence electrons. The third kappa shape index (κ3) is 4.19. The lowest BCUT2D eigenvalue weighted by atomic mass is 10.1. The van der Waals surface area contributed by atoms with Gasteiger partial charge >= 0.3 is 0 Å². The Bertz CT molecular complexity index is 1290. The molecule has 0 unspecified atom stereocenters. The molecule has 1 aromatic carbocycles. The third-order valence-corrected chi connectivity index (χ3v) is 5.63. The van der Waals surface area contributed by atoms with Crippen molar-refractivity contribution in [1.29, 1.82) is 0 Å². The van der Waals surface area contributed by atoms with Gasteiger partial charge in [0.15, 0.2) is 0 Å². The van der Waals surface area contributed by atoms with E-state index in [1.807, 2.05) is 19.3 Å². The monoisotopic (exact) mass is 431 g/mol. The summed E-state index contributed by atoms with van der Waals surface area (Å²) in [5, 5.41) is 8.50. The smallest absolute Gasteiger partial charge is 0.269 e. The summed E-state index contributed by atoms with van der Waals surface area (Å²) in [7, 11) is 1.85. The fourth-order valence-electron chi connectivity index (χ4n) is 3.93. The quantitative estimate of drug-likeness (QED) is 0.497. The minimum Gasteiger partial charge on any atom is -0.491 e. The van der Waals surface area contributed by atoms with Gasteiger partial charge in [-0.15, -0.1) is 0 Å². The van der Waals surface area contributed by atoms with Crippen molar-refractivity contribution in [2.24, 2.45) is 7.05 Å². The van der Waals surface area contributed by atoms with E-state index in [2.05, 4.69) is 43.5 Å². The number of pyridine rings is 1. The van der Waals surface area contributed by atoms with E-state index >= 15 is 0 Å². The third-order valence-electron chi connectivity index (χ3n) is 5.63. The van der Waals surface area contributed by atoms with Crippen molar-refractivity contribution in [3.8, 4) is 17.0 Å². The average Bonchev–Trinajstić information content (AvgIpc) is 3.27. The van der Waals surface area contributed by atoms with E-state index in [0.29, 0.717) is 18.8 Å². The lowest BCUT2D eigenvalue weighted by Gasteiger charge is -2.29. The fourth-order valence-corrected chi connectivity index (χ4v) is 3.93. The van der Waals surface area contributed by atoms with Crippen LogP contribution in [0.1, 0.15) is 0 Å². The molecule has 9 nitrogen and oxygen atoms in total. The molecule has 0 radical (unpaired) electrons. The molecule has 32 heavy (non-hydrogen) atoms. The zero-order valence-electron chi connectivity index (χ0n) is 17.9. The number of nitrogens with one attached hydrogen (secondary N) is 1. The Kier molecular flexibility index (Phi) is 5.55. The molecule has 0 atom stereocenters. The van der Waals surface area contributed by atoms with Crippen LogP contribution < -0.4 is 20.5 Å². The molecule has 1 aliphatic rings. The van der Waals surface area contributed by atoms with Crippen molar-refractivity contribution >= 4 is 16.6 Å². The standard InChI is InChI=1S/C23H25N7O2/c1-28-15-17(13-27-28)21-16-30(23(31)14-26-21)10-11-32-22-4-5-25-20-12-18(2-3-19(20)22)29-8-6-24-7-9-29/h2-5,12-16,24H,6-11H2,1H3. The molecule has 0 spiro atoms. The van der Waals surface area contributed by atoms with Crippen molar-refractivity contribution in [2.45, 2.75) is 6.54 Å². The van der Waals surface area contributed by atoms with Gasteiger partial charge in [-0.2, -0.15) is 5.10 Å². The van der Waals surface area contributed by atoms with Crippen LogP contribution in [0.5, 0.6) is 5.75 Å². The molecule has 0 bridgehead atoms. The summed E-state index contributed by atoms with van der Waals surface area (Å²) in [6.07, 6.45) is 8.43. The molecule has 3 aromatic heterocycles. The SMILES string of the molecule is Cn1cc(-c2cn(CCOc3ccnc4cc(N5CCNCC5)ccc34)c(=O)cn2)cn1. The first kappa shape index (κ1) is 20.2. The highest BCUT2D eigenvalue weighted by molar-refractivity contribution is 5.87. The molecule has 5 rings (SSSR count). The number of hydrogen-bond acceptors (Lipinski definition) is 7. The molecule has 9 heteroatoms. The van der Waals surface area contributed by atoms with Crippen LogP contribution in [0.2, 0.25) is 0 Å². The highest BCUT2D eigenvalue weighted by Crippen LogP contribution is 2.28. The molecule has 1 fully saturated rings. The van der Waals surface area contributed by atoms with Gasteiger partial charge in [0.25, 0.3) is 5.56 Å². The van der Waals surface area contributed by atoms with Gasteiger partial charge in [-0.05, 0) is 24.3 Å². The van der Waals surface area contributed by atoms with Crippen LogP contribution in [0.25, 0.3) is 22.2 Å². The lowest BCUT2D eigenvalue weighted by molar-refractivity contribution is 0.299. The predicted octanol–water partition coefficient (Wildman–Crippen LogP) is 1.68. The number of hydrogen-bond donors (Lipinski definition) is 1. The van der Waals surface area contributed by atoms with Crippen LogP contribution in [0.4, 0.5) is 5.69 Å². The number of ether oxygens (including phenoxy) is 1. The van der Waals surface area contributed by atoms with E-state index in [9.17, 15) is 4.79 Å². The fraction of sp³-hybridized carbons (Fsp3) is 0.304. The number of anilines is 1. The maximum Gasteiger partial charge on any atom is 0.269 e. The van der Waals surface area contributed by atoms with Crippen molar-refractivity contribution < 1.29 is 4.74 Å². The number of nitrogens with zero attached hydrogens (tertiary/aromatic N) is 6. The molecule has 0 amide bonds. The van der Waals surface area contributed by atoms with Crippen LogP contribution in [-0.4, -0.2) is 57.1 Å². The van der Waals surface area contributed by atoms with E-state index in [4.69, 9.17) is 4.74 Å². The van der Waals surface area contributed by atoms with Crippen molar-refractivity contribution in [3.05, 3.63) is 65.6 Å². The van der Waals surface area contributed by atoms with Crippen LogP contribution in [0.15, 0.2) is 60.0 Å². The van der Waals surface area contributed by atoms with Crippen LogP contribution in [0, 0.1) is 0 Å². The topological polar surface area (TPSA) is 90.1 Å². The Morgan fingerprint density at radius 3 is 2.78 bits per heavy atom. The van der Waals surface area contributed by atoms with Crippen LogP contribution >= 0.6 is 0 Å². The summed E-state index contributed by atoms with van der Waals surface area (Å²) in [6.45, 7) is 4.73. The normalized spacial score (nSPS) is 14.1. The van der Waals surface area contributed by atoms with Gasteiger partial charge in [-0.3, -0.25) is 14.5 Å². The molecular formula is C23H25N7O2. The Morgan fingerprint density at radius 1 is 1.09 bits per heavy atom. The number of fused-ring (bicyclic) bond motifs is 1. The van der Waals surface area contributed by atoms with Crippen molar-refractivity contribution in [1.82, 2.24) is 29.6 Å². The second-order valence-electron chi connectivity index (χ2n) is 7.80. The Morgan fingerprint density at radius 2 is 1.97 bits per heavy atom. The van der Waals surface area contributed by atoms with E-state index in [1.165, 1.54) is 11.9 Å². The first-order valence-corrected chi connectivity index (χ1v) is 10.7. The molecule has 1 saturated heterocycles. The summed E-state index contributed by atoms with van der Waals surface area (Å²) < 4.78 is 9.37. The Labute approximate surface area is 185 Å². The highest BCUT2D eigenvalue weighted by atomic mass is 16.5. The summed E-state index contributed by atoms with van der Waals surface area (Å²) in [5.41, 5.74) is 3.48. The van der Waals surface area contributed by atoms with E-state index < -0.39 is 0 Å². The Hall–Kier alpha value is -3.72. The van der Waals surface area contributed by atoms with Gasteiger partial charge < -0.3 is 19.5 Å². The van der Waals surface area contributed by atoms with E-state index in [0.717, 1.165) is 48.4 Å². The van der Waals surface area contributed by atoms with Gasteiger partial charge in [0, 0.05) is 68.5 Å². The number of aryl methyl sites for hydroxylation is 1. The molecule has 4 heterocycles. The van der Waals surface area contributed by atoms with E-state index in [1.54, 1.807) is 27.8 Å². The average molecular weight is 432 g/mol. The molecule has 0 aliphatic carbocycles. The van der Waals surface area contributed by atoms with Gasteiger partial charge in [0.2, 0.25) is 0 Å². The number of piperazine rings is 1. The summed E-state index contributed by atoms with van der Waals surface area (Å²) in [4.78, 5) is 23.4. The zero-order valence-corrected chi connectivity index (χ0v) is 17.9. The van der Waals surface area contributed by atoms with Gasteiger partial charge in [0.1, 0.15) is 12.4 Å². The second kappa shape index (κ2) is 8.80. The minimum atomic E-state index is -0.165. The lowest BCUT2D eigenvalue weighted by Crippen LogP contribution is -2.43. The van der Waals surface area contributed by atoms with Gasteiger partial charge in [-0.25, -0.2) is 4.98 Å². The first-order valence-electron chi connectivity index (χ1n) is 10.7. The van der Waals surface area contributed by atoms with Gasteiger partial charge in [-0.1, -0.05) is 0 Å². The second-order valence-corrected chi connectivity index (χ2v) is 7.80. The first-order chi connectivity index (χ1) is 15.7. The molecule has 1 aliphatic heterocycles. The number of benzene rings is 1. The van der Waals surface area contributed by atoms with Crippen LogP contribution in [0.3, 0.4) is 0 Å². The summed E-state index contributed by atoms with van der Waals surface area (Å²) >= 11 is 0. The Balaban J connectivity index is 1.31. The molecule has 1 N–H and O–H groups in total. The van der Waals surface area contributed by atoms with Crippen molar-refractivity contribution in [2.75, 3.05) is 37.7 Å². The molecule has 0 saturated carbocycles. The molecular weight excluding hydrogens is 406 g/mol. The van der Waals surface area contributed by atoms with Crippen LogP contribution in [-0.2, 0) is 13.6 Å². The van der Waals surface area contributed by atoms with Gasteiger partial charge in [0.05, 0.1) is 30.1 Å². The maximum atomic E-state index is 12.3. The predicted molar refractivity (Wildman–Crippen MR) is 123 cm³/mol. The maximum absolute atomic E-state index is 12.3. The zero-order chi connectivity index (χ0) is 21.9. The highest BCUT2D eigenvalue weighted by Gasteiger charge is 2.12. The number of rotatable bonds is 6. The summed E-state index contributed by atoms with van der Waals surface area (Å²) in [5.74, 6) is 0.761. The molecule has 4 aromatic rings. The van der Waals surface area contributed by atoms with E-state index in [-0.39, 0.29) is 5.56 Å². The van der Waals surface area contributed by atoms with Crippen molar-refractivity contribution in [3.63, 3.8) is 0 Å².